The summed E-state index contributed by atoms with van der Waals surface area (Å²) in [5, 5.41) is 0. The number of unbranched alkanes of at least 4 members (excludes halogenated alkanes) is 12. The molecular weight excluding hydrogens is 387 g/mol. The van der Waals surface area contributed by atoms with Crippen LogP contribution in [0.4, 0.5) is 0 Å². The number of quaternary nitrogens is 2. The molecule has 4 heteroatoms. The third-order valence-corrected chi connectivity index (χ3v) is 5.94. The van der Waals surface area contributed by atoms with Crippen LogP contribution in [0.15, 0.2) is 0 Å². The molecule has 0 aliphatic heterocycles. The van der Waals surface area contributed by atoms with Crippen LogP contribution >= 0.6 is 0 Å². The molecule has 0 amide bonds. The highest BCUT2D eigenvalue weighted by atomic mass is 35.5. The molecule has 0 aromatic rings. The standard InChI is InChI=1S/C24H52N.2ClH.H3N/c1-5-9-13-17-21-25(22-18-14-10-6-2,23-19-15-11-7-3)24-20-16-12-8-4;;;/h5-24H2,1-4H3;2*1H;1H3/q+1;;;/p-1. The summed E-state index contributed by atoms with van der Waals surface area (Å²) in [6, 6.07) is 0. The summed E-state index contributed by atoms with van der Waals surface area (Å²) in [6.07, 6.45) is 22.8. The lowest BCUT2D eigenvalue weighted by Crippen LogP contribution is -3.00. The summed E-state index contributed by atoms with van der Waals surface area (Å²) in [6.45, 7) is 15.2. The van der Waals surface area contributed by atoms with E-state index >= 15 is 0 Å². The maximum atomic E-state index is 2.34. The van der Waals surface area contributed by atoms with Gasteiger partial charge in [-0.05, 0) is 51.4 Å². The van der Waals surface area contributed by atoms with Gasteiger partial charge in [0.25, 0.3) is 0 Å². The maximum absolute atomic E-state index is 2.34. The fraction of sp³-hybridized carbons (Fsp3) is 1.00. The zero-order valence-electron chi connectivity index (χ0n) is 20.3. The Labute approximate surface area is 192 Å². The zero-order chi connectivity index (χ0) is 18.6. The Morgan fingerprint density at radius 3 is 0.750 bits per heavy atom. The van der Waals surface area contributed by atoms with E-state index in [1.807, 2.05) is 0 Å². The first kappa shape index (κ1) is 35.9. The van der Waals surface area contributed by atoms with Gasteiger partial charge >= 0.3 is 0 Å². The van der Waals surface area contributed by atoms with Gasteiger partial charge in [0.1, 0.15) is 0 Å². The summed E-state index contributed by atoms with van der Waals surface area (Å²) < 4.78 is 1.46. The highest BCUT2D eigenvalue weighted by Gasteiger charge is 2.25. The quantitative estimate of drug-likeness (QED) is 0.222. The van der Waals surface area contributed by atoms with Crippen LogP contribution in [0.1, 0.15) is 130 Å². The van der Waals surface area contributed by atoms with Gasteiger partial charge in [-0.25, -0.2) is 0 Å². The summed E-state index contributed by atoms with van der Waals surface area (Å²) in [7, 11) is 0. The van der Waals surface area contributed by atoms with Crippen molar-refractivity contribution in [3.05, 3.63) is 0 Å². The van der Waals surface area contributed by atoms with E-state index in [2.05, 4.69) is 27.7 Å². The van der Waals surface area contributed by atoms with Crippen LogP contribution in [0.25, 0.3) is 0 Å². The van der Waals surface area contributed by atoms with Crippen LogP contribution in [-0.4, -0.2) is 30.7 Å². The first-order valence-corrected chi connectivity index (χ1v) is 12.1. The lowest BCUT2D eigenvalue weighted by molar-refractivity contribution is -0.929. The monoisotopic (exact) mass is 442 g/mol. The number of hydrogen-bond acceptors (Lipinski definition) is 0. The Morgan fingerprint density at radius 1 is 0.357 bits per heavy atom. The van der Waals surface area contributed by atoms with Crippen molar-refractivity contribution < 1.29 is 29.3 Å². The van der Waals surface area contributed by atoms with Crippen molar-refractivity contribution in [2.24, 2.45) is 0 Å². The minimum absolute atomic E-state index is 0. The first-order valence-electron chi connectivity index (χ1n) is 12.1. The minimum Gasteiger partial charge on any atom is -1.00 e. The van der Waals surface area contributed by atoms with E-state index in [0.717, 1.165) is 0 Å². The molecule has 0 fully saturated rings. The van der Waals surface area contributed by atoms with E-state index in [-0.39, 0.29) is 31.0 Å². The number of rotatable bonds is 20. The molecule has 0 aliphatic carbocycles. The van der Waals surface area contributed by atoms with E-state index in [1.54, 1.807) is 0 Å². The van der Waals surface area contributed by atoms with Gasteiger partial charge in [-0.3, -0.25) is 0 Å². The Balaban J connectivity index is -0.000000960. The highest BCUT2D eigenvalue weighted by molar-refractivity contribution is 4.53. The third-order valence-electron chi connectivity index (χ3n) is 5.94. The van der Waals surface area contributed by atoms with Crippen molar-refractivity contribution in [3.63, 3.8) is 0 Å². The summed E-state index contributed by atoms with van der Waals surface area (Å²) in [5.74, 6) is 0. The van der Waals surface area contributed by atoms with Gasteiger partial charge in [-0.2, -0.15) is 0 Å². The molecule has 0 atom stereocenters. The van der Waals surface area contributed by atoms with Crippen molar-refractivity contribution in [2.75, 3.05) is 26.2 Å². The predicted molar refractivity (Wildman–Crippen MR) is 122 cm³/mol. The van der Waals surface area contributed by atoms with Gasteiger partial charge in [0.05, 0.1) is 26.2 Å². The molecule has 0 aromatic carbocycles. The topological polar surface area (TPSA) is 36.5 Å². The van der Waals surface area contributed by atoms with Gasteiger partial charge in [0, 0.05) is 0 Å². The summed E-state index contributed by atoms with van der Waals surface area (Å²) in [5.41, 5.74) is 0. The fourth-order valence-electron chi connectivity index (χ4n) is 4.17. The second kappa shape index (κ2) is 27.5. The molecule has 0 unspecified atom stereocenters. The van der Waals surface area contributed by atoms with Crippen LogP contribution in [0.5, 0.6) is 0 Å². The van der Waals surface area contributed by atoms with Crippen LogP contribution in [-0.2, 0) is 0 Å². The second-order valence-corrected chi connectivity index (χ2v) is 8.48. The molecule has 0 rings (SSSR count). The molecule has 0 heterocycles. The molecule has 0 aliphatic rings. The molecule has 0 radical (unpaired) electrons. The Bertz CT molecular complexity index is 209. The second-order valence-electron chi connectivity index (χ2n) is 8.48. The third kappa shape index (κ3) is 21.2. The zero-order valence-corrected chi connectivity index (χ0v) is 21.9. The van der Waals surface area contributed by atoms with Crippen molar-refractivity contribution in [1.29, 1.82) is 0 Å². The molecule has 28 heavy (non-hydrogen) atoms. The van der Waals surface area contributed by atoms with Crippen molar-refractivity contribution in [1.82, 2.24) is 6.15 Å². The largest absolute Gasteiger partial charge is 1.00 e. The maximum Gasteiger partial charge on any atom is 0.0786 e. The van der Waals surface area contributed by atoms with Crippen molar-refractivity contribution in [3.8, 4) is 0 Å². The molecule has 0 saturated heterocycles. The van der Waals surface area contributed by atoms with Gasteiger partial charge in [0.15, 0.2) is 0 Å². The number of nitrogens with zero attached hydrogens (tertiary/aromatic N) is 1. The van der Waals surface area contributed by atoms with Gasteiger partial charge in [-0.1, -0.05) is 79.1 Å². The van der Waals surface area contributed by atoms with E-state index in [0.29, 0.717) is 0 Å². The van der Waals surface area contributed by atoms with Crippen LogP contribution in [0, 0.1) is 0 Å². The lowest BCUT2D eigenvalue weighted by atomic mass is 10.1. The van der Waals surface area contributed by atoms with Crippen molar-refractivity contribution >= 4 is 0 Å². The van der Waals surface area contributed by atoms with Crippen molar-refractivity contribution in [2.45, 2.75) is 130 Å². The molecule has 176 valence electrons. The Morgan fingerprint density at radius 2 is 0.571 bits per heavy atom. The van der Waals surface area contributed by atoms with E-state index in [1.165, 1.54) is 133 Å². The molecule has 0 spiro atoms. The van der Waals surface area contributed by atoms with Crippen LogP contribution in [0.3, 0.4) is 0 Å². The first-order chi connectivity index (χ1) is 12.2. The smallest absolute Gasteiger partial charge is 0.0786 e. The van der Waals surface area contributed by atoms with Gasteiger partial charge in [0.2, 0.25) is 0 Å². The number of hydrogen-bond donors (Lipinski definition) is 1. The average molecular weight is 444 g/mol. The molecule has 0 aromatic heterocycles. The van der Waals surface area contributed by atoms with E-state index < -0.39 is 0 Å². The molecular formula is C24H56Cl2N2. The van der Waals surface area contributed by atoms with E-state index in [4.69, 9.17) is 0 Å². The van der Waals surface area contributed by atoms with Gasteiger partial charge in [-0.15, -0.1) is 0 Å². The molecule has 0 saturated carbocycles. The summed E-state index contributed by atoms with van der Waals surface area (Å²) in [4.78, 5) is 0. The minimum atomic E-state index is 0. The van der Waals surface area contributed by atoms with Crippen LogP contribution in [0.2, 0.25) is 0 Å². The predicted octanol–water partition coefficient (Wildman–Crippen LogP) is 2.51. The summed E-state index contributed by atoms with van der Waals surface area (Å²) >= 11 is 0. The molecule has 2 nitrogen and oxygen atoms in total. The van der Waals surface area contributed by atoms with Crippen LogP contribution < -0.4 is 31.0 Å². The fourth-order valence-corrected chi connectivity index (χ4v) is 4.17. The Kier molecular flexibility index (Phi) is 35.3. The lowest BCUT2D eigenvalue weighted by Gasteiger charge is -2.39. The van der Waals surface area contributed by atoms with Gasteiger partial charge < -0.3 is 35.4 Å². The Hall–Kier alpha value is 0.500. The number of halogens is 2. The molecule has 4 N–H and O–H groups in total. The average Bonchev–Trinajstić information content (AvgIpc) is 2.63. The SMILES string of the molecule is CCCCCC[N+](CCCCCC)(CCCCCC)CCCCCC.[Cl-].[Cl-].[NH4+]. The highest BCUT2D eigenvalue weighted by Crippen LogP contribution is 2.19. The normalized spacial score (nSPS) is 10.7. The van der Waals surface area contributed by atoms with E-state index in [9.17, 15) is 0 Å². The molecule has 0 bridgehead atoms.